The molecule has 1 aliphatic rings. The molecule has 2 heteroatoms. The first kappa shape index (κ1) is 14.3. The molecule has 110 valence electrons. The molecule has 0 saturated heterocycles. The first-order valence-electron chi connectivity index (χ1n) is 7.61. The fourth-order valence-electron chi connectivity index (χ4n) is 3.08. The molecule has 0 N–H and O–H groups in total. The van der Waals surface area contributed by atoms with Crippen molar-refractivity contribution in [3.63, 3.8) is 0 Å². The summed E-state index contributed by atoms with van der Waals surface area (Å²) in [5.41, 5.74) is 3.85. The zero-order valence-electron chi connectivity index (χ0n) is 12.9. The lowest BCUT2D eigenvalue weighted by Crippen LogP contribution is -2.38. The van der Waals surface area contributed by atoms with Crippen molar-refractivity contribution in [1.82, 2.24) is 4.90 Å². The van der Waals surface area contributed by atoms with E-state index in [4.69, 9.17) is 4.74 Å². The van der Waals surface area contributed by atoms with Gasteiger partial charge in [-0.3, -0.25) is 0 Å². The molecule has 0 aliphatic carbocycles. The van der Waals surface area contributed by atoms with Crippen LogP contribution in [0.4, 0.5) is 0 Å². The Morgan fingerprint density at radius 2 is 1.62 bits per heavy atom. The van der Waals surface area contributed by atoms with Gasteiger partial charge in [0, 0.05) is 13.0 Å². The van der Waals surface area contributed by atoms with Gasteiger partial charge in [0.05, 0.1) is 12.2 Å². The Labute approximate surface area is 127 Å². The molecular weight excluding hydrogens is 258 g/mol. The largest absolute Gasteiger partial charge is 0.365 e. The lowest BCUT2D eigenvalue weighted by atomic mass is 9.81. The number of fused-ring (bicyclic) bond motifs is 1. The van der Waals surface area contributed by atoms with E-state index in [1.165, 1.54) is 16.7 Å². The molecule has 0 fully saturated rings. The van der Waals surface area contributed by atoms with Crippen LogP contribution in [0, 0.1) is 0 Å². The molecule has 3 rings (SSSR count). The predicted molar refractivity (Wildman–Crippen MR) is 86.2 cm³/mol. The normalized spacial score (nSPS) is 21.3. The molecule has 2 aromatic rings. The second-order valence-corrected chi connectivity index (χ2v) is 6.15. The molecule has 1 unspecified atom stereocenters. The van der Waals surface area contributed by atoms with Crippen LogP contribution in [0.3, 0.4) is 0 Å². The Balaban J connectivity index is 1.95. The SMILES string of the molecule is CN(C)CCC1(c2ccccc2)Cc2ccccc2CO1. The summed E-state index contributed by atoms with van der Waals surface area (Å²) in [4.78, 5) is 2.23. The van der Waals surface area contributed by atoms with Crippen LogP contribution in [0.25, 0.3) is 0 Å². The third-order valence-corrected chi connectivity index (χ3v) is 4.36. The molecule has 21 heavy (non-hydrogen) atoms. The maximum Gasteiger partial charge on any atom is 0.0988 e. The average Bonchev–Trinajstić information content (AvgIpc) is 2.53. The van der Waals surface area contributed by atoms with Crippen LogP contribution in [0.15, 0.2) is 54.6 Å². The summed E-state index contributed by atoms with van der Waals surface area (Å²) < 4.78 is 6.40. The molecule has 0 spiro atoms. The minimum absolute atomic E-state index is 0.195. The highest BCUT2D eigenvalue weighted by atomic mass is 16.5. The molecular formula is C19H23NO. The second-order valence-electron chi connectivity index (χ2n) is 6.15. The molecule has 0 saturated carbocycles. The highest BCUT2D eigenvalue weighted by Crippen LogP contribution is 2.39. The van der Waals surface area contributed by atoms with Crippen LogP contribution in [-0.2, 0) is 23.4 Å². The maximum atomic E-state index is 6.40. The van der Waals surface area contributed by atoms with Gasteiger partial charge in [-0.2, -0.15) is 0 Å². The monoisotopic (exact) mass is 281 g/mol. The lowest BCUT2D eigenvalue weighted by molar-refractivity contribution is -0.0818. The van der Waals surface area contributed by atoms with E-state index < -0.39 is 0 Å². The molecule has 2 nitrogen and oxygen atoms in total. The maximum absolute atomic E-state index is 6.40. The van der Waals surface area contributed by atoms with E-state index in [0.717, 1.165) is 19.4 Å². The van der Waals surface area contributed by atoms with Crippen molar-refractivity contribution in [2.24, 2.45) is 0 Å². The summed E-state index contributed by atoms with van der Waals surface area (Å²) in [6.07, 6.45) is 1.97. The van der Waals surface area contributed by atoms with Crippen molar-refractivity contribution in [1.29, 1.82) is 0 Å². The van der Waals surface area contributed by atoms with Gasteiger partial charge in [-0.1, -0.05) is 54.6 Å². The third-order valence-electron chi connectivity index (χ3n) is 4.36. The van der Waals surface area contributed by atoms with Crippen LogP contribution in [0.2, 0.25) is 0 Å². The number of benzene rings is 2. The van der Waals surface area contributed by atoms with Gasteiger partial charge in [-0.05, 0) is 37.2 Å². The van der Waals surface area contributed by atoms with Gasteiger partial charge in [0.1, 0.15) is 0 Å². The summed E-state index contributed by atoms with van der Waals surface area (Å²) in [6.45, 7) is 1.73. The predicted octanol–water partition coefficient (Wildman–Crippen LogP) is 3.61. The number of rotatable bonds is 4. The van der Waals surface area contributed by atoms with Crippen molar-refractivity contribution in [2.75, 3.05) is 20.6 Å². The van der Waals surface area contributed by atoms with E-state index in [-0.39, 0.29) is 5.60 Å². The fraction of sp³-hybridized carbons (Fsp3) is 0.368. The topological polar surface area (TPSA) is 12.5 Å². The van der Waals surface area contributed by atoms with E-state index in [9.17, 15) is 0 Å². The van der Waals surface area contributed by atoms with Gasteiger partial charge in [-0.25, -0.2) is 0 Å². The van der Waals surface area contributed by atoms with Gasteiger partial charge in [-0.15, -0.1) is 0 Å². The molecule has 0 radical (unpaired) electrons. The third kappa shape index (κ3) is 3.02. The second kappa shape index (κ2) is 6.00. The van der Waals surface area contributed by atoms with Crippen molar-refractivity contribution in [3.8, 4) is 0 Å². The number of nitrogens with zero attached hydrogens (tertiary/aromatic N) is 1. The van der Waals surface area contributed by atoms with Crippen molar-refractivity contribution >= 4 is 0 Å². The van der Waals surface area contributed by atoms with Gasteiger partial charge >= 0.3 is 0 Å². The Morgan fingerprint density at radius 1 is 0.952 bits per heavy atom. The van der Waals surface area contributed by atoms with Gasteiger partial charge < -0.3 is 9.64 Å². The zero-order chi connectivity index (χ0) is 14.7. The van der Waals surface area contributed by atoms with Gasteiger partial charge in [0.25, 0.3) is 0 Å². The molecule has 0 amide bonds. The average molecular weight is 281 g/mol. The fourth-order valence-corrected chi connectivity index (χ4v) is 3.08. The number of hydrogen-bond acceptors (Lipinski definition) is 2. The van der Waals surface area contributed by atoms with Crippen LogP contribution in [0.1, 0.15) is 23.1 Å². The summed E-state index contributed by atoms with van der Waals surface area (Å²) in [5.74, 6) is 0. The summed E-state index contributed by atoms with van der Waals surface area (Å²) >= 11 is 0. The minimum atomic E-state index is -0.195. The molecule has 1 atom stereocenters. The quantitative estimate of drug-likeness (QED) is 0.849. The first-order chi connectivity index (χ1) is 10.2. The van der Waals surface area contributed by atoms with Crippen molar-refractivity contribution in [2.45, 2.75) is 25.0 Å². The Morgan fingerprint density at radius 3 is 2.33 bits per heavy atom. The van der Waals surface area contributed by atoms with E-state index in [0.29, 0.717) is 6.61 Å². The van der Waals surface area contributed by atoms with E-state index in [1.54, 1.807) is 0 Å². The highest BCUT2D eigenvalue weighted by Gasteiger charge is 2.36. The van der Waals surface area contributed by atoms with Crippen LogP contribution < -0.4 is 0 Å². The van der Waals surface area contributed by atoms with Crippen LogP contribution >= 0.6 is 0 Å². The van der Waals surface area contributed by atoms with Crippen molar-refractivity contribution < 1.29 is 4.74 Å². The molecule has 2 aromatic carbocycles. The zero-order valence-corrected chi connectivity index (χ0v) is 12.9. The number of hydrogen-bond donors (Lipinski definition) is 0. The molecule has 0 aromatic heterocycles. The molecule has 1 aliphatic heterocycles. The smallest absolute Gasteiger partial charge is 0.0988 e. The van der Waals surface area contributed by atoms with E-state index >= 15 is 0 Å². The Bertz CT molecular complexity index is 594. The summed E-state index contributed by atoms with van der Waals surface area (Å²) in [7, 11) is 4.24. The minimum Gasteiger partial charge on any atom is -0.365 e. The highest BCUT2D eigenvalue weighted by molar-refractivity contribution is 5.34. The standard InChI is InChI=1S/C19H23NO/c1-20(2)13-12-19(18-10-4-3-5-11-18)14-16-8-6-7-9-17(16)15-21-19/h3-11H,12-15H2,1-2H3. The van der Waals surface area contributed by atoms with E-state index in [1.807, 2.05) is 0 Å². The summed E-state index contributed by atoms with van der Waals surface area (Å²) in [5, 5.41) is 0. The van der Waals surface area contributed by atoms with E-state index in [2.05, 4.69) is 73.6 Å². The Hall–Kier alpha value is -1.64. The molecule has 1 heterocycles. The lowest BCUT2D eigenvalue weighted by Gasteiger charge is -2.39. The first-order valence-corrected chi connectivity index (χ1v) is 7.61. The number of ether oxygens (including phenoxy) is 1. The molecule has 0 bridgehead atoms. The van der Waals surface area contributed by atoms with Crippen LogP contribution in [-0.4, -0.2) is 25.5 Å². The Kier molecular flexibility index (Phi) is 4.09. The van der Waals surface area contributed by atoms with Crippen molar-refractivity contribution in [3.05, 3.63) is 71.3 Å². The van der Waals surface area contributed by atoms with Gasteiger partial charge in [0.15, 0.2) is 0 Å². The summed E-state index contributed by atoms with van der Waals surface area (Å²) in [6, 6.07) is 19.3. The van der Waals surface area contributed by atoms with Gasteiger partial charge in [0.2, 0.25) is 0 Å². The van der Waals surface area contributed by atoms with Crippen LogP contribution in [0.5, 0.6) is 0 Å².